The number of ether oxygens (including phenoxy) is 1. The van der Waals surface area contributed by atoms with Gasteiger partial charge in [0.2, 0.25) is 0 Å². The molecule has 1 aromatic rings. The van der Waals surface area contributed by atoms with E-state index in [4.69, 9.17) is 9.84 Å². The second-order valence-electron chi connectivity index (χ2n) is 3.32. The molecule has 0 aliphatic carbocycles. The van der Waals surface area contributed by atoms with Crippen LogP contribution in [-0.4, -0.2) is 24.1 Å². The average Bonchev–Trinajstić information content (AvgIpc) is 2.27. The quantitative estimate of drug-likeness (QED) is 0.780. The number of aliphatic carboxylic acids is 1. The summed E-state index contributed by atoms with van der Waals surface area (Å²) in [4.78, 5) is 10.3. The van der Waals surface area contributed by atoms with Gasteiger partial charge in [-0.3, -0.25) is 0 Å². The van der Waals surface area contributed by atoms with Gasteiger partial charge in [-0.25, -0.2) is 13.6 Å². The van der Waals surface area contributed by atoms with Crippen LogP contribution in [0.2, 0.25) is 0 Å². The summed E-state index contributed by atoms with van der Waals surface area (Å²) in [7, 11) is 0. The number of carboxylic acids is 1. The molecule has 1 N–H and O–H groups in total. The van der Waals surface area contributed by atoms with Gasteiger partial charge in [0.25, 0.3) is 6.43 Å². The van der Waals surface area contributed by atoms with E-state index in [2.05, 4.69) is 0 Å². The van der Waals surface area contributed by atoms with E-state index in [0.29, 0.717) is 0 Å². The maximum absolute atomic E-state index is 11.8. The summed E-state index contributed by atoms with van der Waals surface area (Å²) >= 11 is 0. The maximum atomic E-state index is 11.8. The van der Waals surface area contributed by atoms with Crippen molar-refractivity contribution in [3.63, 3.8) is 0 Å². The minimum absolute atomic E-state index is 0.118. The van der Waals surface area contributed by atoms with Crippen molar-refractivity contribution in [3.8, 4) is 0 Å². The van der Waals surface area contributed by atoms with E-state index < -0.39 is 19.0 Å². The van der Waals surface area contributed by atoms with Crippen LogP contribution in [0.3, 0.4) is 0 Å². The Labute approximate surface area is 97.3 Å². The third-order valence-electron chi connectivity index (χ3n) is 1.91. The number of carbonyl (C=O) groups is 1. The first kappa shape index (κ1) is 13.3. The van der Waals surface area contributed by atoms with Crippen LogP contribution >= 0.6 is 0 Å². The molecule has 5 heteroatoms. The number of halogens is 2. The molecule has 1 rings (SSSR count). The SMILES string of the molecule is O=C(O)/C=C/c1ccc(COCC(F)F)cc1. The number of alkyl halides is 2. The molecule has 0 saturated carbocycles. The Bertz CT molecular complexity index is 385. The number of benzene rings is 1. The van der Waals surface area contributed by atoms with E-state index in [1.54, 1.807) is 24.3 Å². The monoisotopic (exact) mass is 242 g/mol. The lowest BCUT2D eigenvalue weighted by molar-refractivity contribution is -0.131. The van der Waals surface area contributed by atoms with Crippen LogP contribution in [0.5, 0.6) is 0 Å². The Kier molecular flexibility index (Phi) is 5.29. The van der Waals surface area contributed by atoms with Crippen LogP contribution in [0, 0.1) is 0 Å². The predicted octanol–water partition coefficient (Wildman–Crippen LogP) is 2.57. The summed E-state index contributed by atoms with van der Waals surface area (Å²) in [5, 5.41) is 8.42. The van der Waals surface area contributed by atoms with E-state index in [1.165, 1.54) is 6.08 Å². The fourth-order valence-corrected chi connectivity index (χ4v) is 1.16. The van der Waals surface area contributed by atoms with Gasteiger partial charge in [-0.1, -0.05) is 24.3 Å². The van der Waals surface area contributed by atoms with E-state index in [1.807, 2.05) is 0 Å². The van der Waals surface area contributed by atoms with Gasteiger partial charge in [-0.15, -0.1) is 0 Å². The fraction of sp³-hybridized carbons (Fsp3) is 0.250. The molecule has 0 amide bonds. The molecule has 0 aliphatic heterocycles. The van der Waals surface area contributed by atoms with E-state index >= 15 is 0 Å². The maximum Gasteiger partial charge on any atom is 0.328 e. The Morgan fingerprint density at radius 1 is 1.35 bits per heavy atom. The molecule has 0 saturated heterocycles. The van der Waals surface area contributed by atoms with Gasteiger partial charge in [0.1, 0.15) is 6.61 Å². The summed E-state index contributed by atoms with van der Waals surface area (Å²) in [5.41, 5.74) is 1.49. The highest BCUT2D eigenvalue weighted by Crippen LogP contribution is 2.08. The van der Waals surface area contributed by atoms with Crippen LogP contribution in [-0.2, 0) is 16.1 Å². The zero-order chi connectivity index (χ0) is 12.7. The molecule has 92 valence electrons. The fourth-order valence-electron chi connectivity index (χ4n) is 1.16. The molecule has 0 unspecified atom stereocenters. The lowest BCUT2D eigenvalue weighted by Crippen LogP contribution is -2.04. The topological polar surface area (TPSA) is 46.5 Å². The number of hydrogen-bond donors (Lipinski definition) is 1. The van der Waals surface area contributed by atoms with E-state index in [-0.39, 0.29) is 6.61 Å². The first-order chi connectivity index (χ1) is 8.08. The van der Waals surface area contributed by atoms with Gasteiger partial charge in [0.05, 0.1) is 6.61 Å². The molecule has 0 atom stereocenters. The summed E-state index contributed by atoms with van der Waals surface area (Å²) in [6, 6.07) is 6.79. The third-order valence-corrected chi connectivity index (χ3v) is 1.91. The molecule has 17 heavy (non-hydrogen) atoms. The largest absolute Gasteiger partial charge is 0.478 e. The Hall–Kier alpha value is -1.75. The standard InChI is InChI=1S/C12H12F2O3/c13-11(14)8-17-7-10-3-1-9(2-4-10)5-6-12(15)16/h1-6,11H,7-8H2,(H,15,16)/b6-5+. The summed E-state index contributed by atoms with van der Waals surface area (Å²) in [6.45, 7) is -0.464. The average molecular weight is 242 g/mol. The number of rotatable bonds is 6. The molecule has 0 heterocycles. The van der Waals surface area contributed by atoms with Crippen molar-refractivity contribution in [2.24, 2.45) is 0 Å². The molecule has 1 aromatic carbocycles. The zero-order valence-electron chi connectivity index (χ0n) is 8.98. The van der Waals surface area contributed by atoms with Crippen molar-refractivity contribution in [1.29, 1.82) is 0 Å². The van der Waals surface area contributed by atoms with Gasteiger partial charge < -0.3 is 9.84 Å². The van der Waals surface area contributed by atoms with Crippen LogP contribution < -0.4 is 0 Å². The van der Waals surface area contributed by atoms with Crippen LogP contribution in [0.25, 0.3) is 6.08 Å². The van der Waals surface area contributed by atoms with Gasteiger partial charge in [0, 0.05) is 6.08 Å². The summed E-state index contributed by atoms with van der Waals surface area (Å²) in [5.74, 6) is -1.02. The van der Waals surface area contributed by atoms with Gasteiger partial charge in [-0.2, -0.15) is 0 Å². The smallest absolute Gasteiger partial charge is 0.328 e. The lowest BCUT2D eigenvalue weighted by Gasteiger charge is -2.03. The Morgan fingerprint density at radius 3 is 2.53 bits per heavy atom. The molecule has 0 spiro atoms. The van der Waals surface area contributed by atoms with Gasteiger partial charge in [0.15, 0.2) is 0 Å². The van der Waals surface area contributed by atoms with Crippen molar-refractivity contribution in [2.45, 2.75) is 13.0 Å². The molecule has 0 aliphatic rings. The summed E-state index contributed by atoms with van der Waals surface area (Å²) in [6.07, 6.45) is 0.0156. The van der Waals surface area contributed by atoms with Gasteiger partial charge >= 0.3 is 5.97 Å². The molecular weight excluding hydrogens is 230 g/mol. The summed E-state index contributed by atoms with van der Waals surface area (Å²) < 4.78 is 28.3. The van der Waals surface area contributed by atoms with Crippen molar-refractivity contribution in [3.05, 3.63) is 41.5 Å². The first-order valence-electron chi connectivity index (χ1n) is 4.94. The molecule has 0 radical (unpaired) electrons. The minimum Gasteiger partial charge on any atom is -0.478 e. The van der Waals surface area contributed by atoms with Crippen molar-refractivity contribution >= 4 is 12.0 Å². The first-order valence-corrected chi connectivity index (χ1v) is 4.94. The van der Waals surface area contributed by atoms with E-state index in [0.717, 1.165) is 17.2 Å². The normalized spacial score (nSPS) is 11.2. The third kappa shape index (κ3) is 5.77. The number of hydrogen-bond acceptors (Lipinski definition) is 2. The van der Waals surface area contributed by atoms with Crippen LogP contribution in [0.4, 0.5) is 8.78 Å². The van der Waals surface area contributed by atoms with Crippen molar-refractivity contribution in [1.82, 2.24) is 0 Å². The highest BCUT2D eigenvalue weighted by atomic mass is 19.3. The highest BCUT2D eigenvalue weighted by Gasteiger charge is 2.01. The van der Waals surface area contributed by atoms with Crippen LogP contribution in [0.1, 0.15) is 11.1 Å². The lowest BCUT2D eigenvalue weighted by atomic mass is 10.1. The molecular formula is C12H12F2O3. The Balaban J connectivity index is 2.47. The molecule has 0 fully saturated rings. The number of carboxylic acid groups (broad SMARTS) is 1. The van der Waals surface area contributed by atoms with Crippen LogP contribution in [0.15, 0.2) is 30.3 Å². The highest BCUT2D eigenvalue weighted by molar-refractivity contribution is 5.85. The second-order valence-corrected chi connectivity index (χ2v) is 3.32. The molecule has 0 aromatic heterocycles. The second kappa shape index (κ2) is 6.75. The zero-order valence-corrected chi connectivity index (χ0v) is 8.98. The predicted molar refractivity (Wildman–Crippen MR) is 58.8 cm³/mol. The van der Waals surface area contributed by atoms with Gasteiger partial charge in [-0.05, 0) is 17.2 Å². The molecule has 0 bridgehead atoms. The van der Waals surface area contributed by atoms with E-state index in [9.17, 15) is 13.6 Å². The Morgan fingerprint density at radius 2 is 2.00 bits per heavy atom. The minimum atomic E-state index is -2.47. The van der Waals surface area contributed by atoms with Crippen molar-refractivity contribution < 1.29 is 23.4 Å². The molecule has 3 nitrogen and oxygen atoms in total. The van der Waals surface area contributed by atoms with Crippen molar-refractivity contribution in [2.75, 3.05) is 6.61 Å².